The number of nitrogens with zero attached hydrogens (tertiary/aromatic N) is 2. The van der Waals surface area contributed by atoms with E-state index in [4.69, 9.17) is 11.6 Å². The number of nitrogens with one attached hydrogen (secondary N) is 1. The van der Waals surface area contributed by atoms with Crippen molar-refractivity contribution in [2.45, 2.75) is 20.8 Å². The minimum Gasteiger partial charge on any atom is -0.478 e. The number of hydrogen-bond acceptors (Lipinski definition) is 4. The summed E-state index contributed by atoms with van der Waals surface area (Å²) in [6.07, 6.45) is 1.43. The molecule has 0 bridgehead atoms. The first-order valence-corrected chi connectivity index (χ1v) is 10.7. The van der Waals surface area contributed by atoms with Crippen molar-refractivity contribution in [3.63, 3.8) is 0 Å². The number of carboxylic acid groups (broad SMARTS) is 1. The molecule has 2 aromatic carbocycles. The molecular weight excluding hydrogens is 458 g/mol. The van der Waals surface area contributed by atoms with Gasteiger partial charge in [-0.15, -0.1) is 0 Å². The second-order valence-corrected chi connectivity index (χ2v) is 8.33. The molecule has 2 heterocycles. The highest BCUT2D eigenvalue weighted by atomic mass is 35.5. The fourth-order valence-electron chi connectivity index (χ4n) is 3.89. The molecule has 0 saturated carbocycles. The van der Waals surface area contributed by atoms with E-state index >= 15 is 0 Å². The van der Waals surface area contributed by atoms with E-state index < -0.39 is 23.8 Å². The summed E-state index contributed by atoms with van der Waals surface area (Å²) in [7, 11) is 0. The number of halogens is 1. The topological polar surface area (TPSA) is 109 Å². The van der Waals surface area contributed by atoms with Crippen LogP contribution >= 0.6 is 11.6 Å². The Labute approximate surface area is 200 Å². The number of aryl methyl sites for hydroxylation is 2. The van der Waals surface area contributed by atoms with E-state index in [0.717, 1.165) is 16.2 Å². The zero-order valence-electron chi connectivity index (χ0n) is 18.5. The number of aromatic nitrogens is 1. The molecule has 9 heteroatoms. The number of barbiturate groups is 1. The van der Waals surface area contributed by atoms with Crippen LogP contribution in [0.25, 0.3) is 11.8 Å². The Kier molecular flexibility index (Phi) is 5.85. The average molecular weight is 478 g/mol. The minimum absolute atomic E-state index is 0.0411. The number of hydrogen-bond donors (Lipinski definition) is 2. The third-order valence-corrected chi connectivity index (χ3v) is 5.93. The highest BCUT2D eigenvalue weighted by molar-refractivity contribution is 6.39. The van der Waals surface area contributed by atoms with E-state index in [-0.39, 0.29) is 16.2 Å². The van der Waals surface area contributed by atoms with Crippen molar-refractivity contribution in [3.05, 3.63) is 87.2 Å². The monoisotopic (exact) mass is 477 g/mol. The smallest absolute Gasteiger partial charge is 0.337 e. The molecule has 1 saturated heterocycles. The van der Waals surface area contributed by atoms with Gasteiger partial charge < -0.3 is 9.67 Å². The molecule has 3 aromatic rings. The van der Waals surface area contributed by atoms with Crippen LogP contribution < -0.4 is 10.2 Å². The number of urea groups is 1. The Morgan fingerprint density at radius 1 is 0.971 bits per heavy atom. The second kappa shape index (κ2) is 8.64. The quantitative estimate of drug-likeness (QED) is 0.427. The summed E-state index contributed by atoms with van der Waals surface area (Å²) in [4.78, 5) is 50.5. The normalized spacial score (nSPS) is 15.1. The largest absolute Gasteiger partial charge is 0.478 e. The third kappa shape index (κ3) is 3.99. The summed E-state index contributed by atoms with van der Waals surface area (Å²) in [5.41, 5.74) is 3.63. The molecule has 1 aliphatic heterocycles. The summed E-state index contributed by atoms with van der Waals surface area (Å²) in [6.45, 7) is 5.48. The second-order valence-electron chi connectivity index (χ2n) is 7.92. The maximum atomic E-state index is 13.2. The lowest BCUT2D eigenvalue weighted by atomic mass is 10.1. The summed E-state index contributed by atoms with van der Waals surface area (Å²) in [5, 5.41) is 11.7. The molecule has 0 aliphatic carbocycles. The van der Waals surface area contributed by atoms with Crippen molar-refractivity contribution in [2.75, 3.05) is 4.90 Å². The number of benzene rings is 2. The number of carboxylic acids is 1. The Balaban J connectivity index is 1.77. The van der Waals surface area contributed by atoms with Crippen molar-refractivity contribution in [3.8, 4) is 5.69 Å². The molecule has 34 heavy (non-hydrogen) atoms. The van der Waals surface area contributed by atoms with Crippen molar-refractivity contribution >= 4 is 47.2 Å². The first-order chi connectivity index (χ1) is 16.1. The number of rotatable bonds is 4. The van der Waals surface area contributed by atoms with E-state index in [1.807, 2.05) is 13.8 Å². The highest BCUT2D eigenvalue weighted by Crippen LogP contribution is 2.28. The van der Waals surface area contributed by atoms with Crippen LogP contribution in [0, 0.1) is 20.8 Å². The molecule has 1 aromatic heterocycles. The SMILES string of the molecule is Cc1ccc(N2C(=O)NC(=O)/C(=C\c3cc(C)n(-c4ccc(Cl)c(C(=O)O)c4)c3C)C2=O)cc1. The number of anilines is 1. The van der Waals surface area contributed by atoms with Crippen LogP contribution in [-0.4, -0.2) is 33.5 Å². The summed E-state index contributed by atoms with van der Waals surface area (Å²) >= 11 is 6.00. The van der Waals surface area contributed by atoms with Gasteiger partial charge in [0.2, 0.25) is 0 Å². The number of amides is 4. The van der Waals surface area contributed by atoms with Gasteiger partial charge in [-0.05, 0) is 68.8 Å². The number of carbonyl (C=O) groups is 4. The molecule has 8 nitrogen and oxygen atoms in total. The maximum Gasteiger partial charge on any atom is 0.337 e. The molecule has 1 aliphatic rings. The zero-order chi connectivity index (χ0) is 24.7. The van der Waals surface area contributed by atoms with Gasteiger partial charge in [0.25, 0.3) is 11.8 Å². The van der Waals surface area contributed by atoms with E-state index in [0.29, 0.717) is 22.6 Å². The lowest BCUT2D eigenvalue weighted by Gasteiger charge is -2.26. The van der Waals surface area contributed by atoms with Gasteiger partial charge in [0.1, 0.15) is 5.57 Å². The van der Waals surface area contributed by atoms with Gasteiger partial charge in [0, 0.05) is 17.1 Å². The van der Waals surface area contributed by atoms with E-state index in [2.05, 4.69) is 5.32 Å². The van der Waals surface area contributed by atoms with Crippen molar-refractivity contribution in [2.24, 2.45) is 0 Å². The first kappa shape index (κ1) is 23.0. The van der Waals surface area contributed by atoms with Gasteiger partial charge in [-0.3, -0.25) is 14.9 Å². The fourth-order valence-corrected chi connectivity index (χ4v) is 4.09. The lowest BCUT2D eigenvalue weighted by Crippen LogP contribution is -2.54. The van der Waals surface area contributed by atoms with Crippen LogP contribution in [0.4, 0.5) is 10.5 Å². The van der Waals surface area contributed by atoms with Crippen molar-refractivity contribution in [1.29, 1.82) is 0 Å². The predicted octanol–water partition coefficient (Wildman–Crippen LogP) is 4.42. The van der Waals surface area contributed by atoms with Crippen LogP contribution in [0.5, 0.6) is 0 Å². The zero-order valence-corrected chi connectivity index (χ0v) is 19.3. The average Bonchev–Trinajstić information content (AvgIpc) is 3.05. The van der Waals surface area contributed by atoms with Gasteiger partial charge in [-0.25, -0.2) is 14.5 Å². The summed E-state index contributed by atoms with van der Waals surface area (Å²) in [6, 6.07) is 12.4. The molecule has 4 rings (SSSR count). The van der Waals surface area contributed by atoms with Gasteiger partial charge >= 0.3 is 12.0 Å². The van der Waals surface area contributed by atoms with Crippen LogP contribution in [0.15, 0.2) is 54.1 Å². The molecule has 4 amide bonds. The Morgan fingerprint density at radius 3 is 2.26 bits per heavy atom. The van der Waals surface area contributed by atoms with Gasteiger partial charge in [0.15, 0.2) is 0 Å². The number of imide groups is 2. The molecule has 2 N–H and O–H groups in total. The molecule has 0 radical (unpaired) electrons. The van der Waals surface area contributed by atoms with Crippen LogP contribution in [0.3, 0.4) is 0 Å². The van der Waals surface area contributed by atoms with Gasteiger partial charge in [0.05, 0.1) is 16.3 Å². The molecule has 0 atom stereocenters. The van der Waals surface area contributed by atoms with E-state index in [1.165, 1.54) is 18.2 Å². The standard InChI is InChI=1S/C25H20ClN3O5/c1-13-4-6-17(7-5-13)29-23(31)20(22(30)27-25(29)34)11-16-10-14(2)28(15(16)3)18-8-9-21(26)19(12-18)24(32)33/h4-12H,1-3H3,(H,32,33)(H,27,30,34)/b20-11+. The third-order valence-electron chi connectivity index (χ3n) is 5.60. The Bertz CT molecular complexity index is 1400. The molecule has 172 valence electrons. The minimum atomic E-state index is -1.15. The number of carbonyl (C=O) groups excluding carboxylic acids is 3. The Morgan fingerprint density at radius 2 is 1.62 bits per heavy atom. The summed E-state index contributed by atoms with van der Waals surface area (Å²) in [5.74, 6) is -2.67. The van der Waals surface area contributed by atoms with Crippen LogP contribution in [0.1, 0.15) is 32.9 Å². The molecule has 0 spiro atoms. The van der Waals surface area contributed by atoms with Crippen LogP contribution in [0.2, 0.25) is 5.02 Å². The molecule has 1 fully saturated rings. The molecular formula is C25H20ClN3O5. The van der Waals surface area contributed by atoms with E-state index in [9.17, 15) is 24.3 Å². The first-order valence-electron chi connectivity index (χ1n) is 10.3. The van der Waals surface area contributed by atoms with Crippen LogP contribution in [-0.2, 0) is 9.59 Å². The van der Waals surface area contributed by atoms with Crippen molar-refractivity contribution in [1.82, 2.24) is 9.88 Å². The lowest BCUT2D eigenvalue weighted by molar-refractivity contribution is -0.122. The van der Waals surface area contributed by atoms with Gasteiger partial charge in [-0.1, -0.05) is 29.3 Å². The maximum absolute atomic E-state index is 13.2. The van der Waals surface area contributed by atoms with E-state index in [1.54, 1.807) is 47.9 Å². The number of aromatic carboxylic acids is 1. The highest BCUT2D eigenvalue weighted by Gasteiger charge is 2.37. The predicted molar refractivity (Wildman–Crippen MR) is 127 cm³/mol. The fraction of sp³-hybridized carbons (Fsp3) is 0.120. The Hall–Kier alpha value is -4.17. The molecule has 0 unspecified atom stereocenters. The van der Waals surface area contributed by atoms with Crippen molar-refractivity contribution < 1.29 is 24.3 Å². The van der Waals surface area contributed by atoms with Gasteiger partial charge in [-0.2, -0.15) is 0 Å². The summed E-state index contributed by atoms with van der Waals surface area (Å²) < 4.78 is 1.79.